The maximum atomic E-state index is 11.9. The molecule has 0 aromatic heterocycles. The molecular weight excluding hydrogens is 290 g/mol. The number of cyclic esters (lactones) is 1. The molecule has 0 unspecified atom stereocenters. The van der Waals surface area contributed by atoms with Crippen molar-refractivity contribution in [3.05, 3.63) is 35.9 Å². The van der Waals surface area contributed by atoms with Crippen molar-refractivity contribution in [3.8, 4) is 0 Å². The Kier molecular flexibility index (Phi) is 4.30. The Bertz CT molecular complexity index is 524. The summed E-state index contributed by atoms with van der Waals surface area (Å²) >= 11 is 0. The molecule has 2 aliphatic heterocycles. The number of hydrogen-bond acceptors (Lipinski definition) is 6. The fourth-order valence-electron chi connectivity index (χ4n) is 2.84. The smallest absolute Gasteiger partial charge is 0.410 e. The Labute approximate surface area is 127 Å². The highest BCUT2D eigenvalue weighted by atomic mass is 16.6. The van der Waals surface area contributed by atoms with Gasteiger partial charge >= 0.3 is 6.09 Å². The molecule has 0 aliphatic carbocycles. The summed E-state index contributed by atoms with van der Waals surface area (Å²) in [6.45, 7) is 0.327. The van der Waals surface area contributed by atoms with Gasteiger partial charge in [-0.3, -0.25) is 4.90 Å². The van der Waals surface area contributed by atoms with E-state index in [9.17, 15) is 20.1 Å². The second-order valence-electron chi connectivity index (χ2n) is 5.62. The van der Waals surface area contributed by atoms with Gasteiger partial charge in [-0.15, -0.1) is 0 Å². The van der Waals surface area contributed by atoms with Gasteiger partial charge in [0.05, 0.1) is 12.6 Å². The molecule has 2 saturated heterocycles. The lowest BCUT2D eigenvalue weighted by atomic mass is 10.0. The van der Waals surface area contributed by atoms with Crippen LogP contribution in [0.25, 0.3) is 0 Å². The molecule has 1 aromatic carbocycles. The first-order valence-corrected chi connectivity index (χ1v) is 7.23. The van der Waals surface area contributed by atoms with Gasteiger partial charge in [-0.05, 0) is 12.0 Å². The molecule has 2 fully saturated rings. The fourth-order valence-corrected chi connectivity index (χ4v) is 2.84. The molecule has 3 rings (SSSR count). The third kappa shape index (κ3) is 2.93. The van der Waals surface area contributed by atoms with E-state index in [1.54, 1.807) is 0 Å². The van der Waals surface area contributed by atoms with E-state index in [0.29, 0.717) is 6.42 Å². The van der Waals surface area contributed by atoms with Crippen molar-refractivity contribution < 1.29 is 29.6 Å². The molecule has 0 spiro atoms. The van der Waals surface area contributed by atoms with E-state index in [4.69, 9.17) is 9.47 Å². The van der Waals surface area contributed by atoms with E-state index in [0.717, 1.165) is 5.56 Å². The van der Waals surface area contributed by atoms with Gasteiger partial charge in [0.1, 0.15) is 24.9 Å². The van der Waals surface area contributed by atoms with Gasteiger partial charge in [-0.2, -0.15) is 0 Å². The van der Waals surface area contributed by atoms with Crippen LogP contribution in [0.4, 0.5) is 4.79 Å². The average Bonchev–Trinajstić information content (AvgIpc) is 2.97. The first kappa shape index (κ1) is 15.2. The molecule has 7 nitrogen and oxygen atoms in total. The summed E-state index contributed by atoms with van der Waals surface area (Å²) < 4.78 is 10.2. The summed E-state index contributed by atoms with van der Waals surface area (Å²) in [7, 11) is 0. The van der Waals surface area contributed by atoms with Crippen molar-refractivity contribution in [2.75, 3.05) is 13.2 Å². The van der Waals surface area contributed by atoms with Crippen LogP contribution in [0.1, 0.15) is 5.56 Å². The summed E-state index contributed by atoms with van der Waals surface area (Å²) in [5.41, 5.74) is 1.07. The quantitative estimate of drug-likeness (QED) is 0.693. The first-order valence-electron chi connectivity index (χ1n) is 7.23. The summed E-state index contributed by atoms with van der Waals surface area (Å²) in [6, 6.07) is 9.54. The standard InChI is InChI=1S/C15H19NO6/c17-12-11(22-14(19)13(12)18)7-16-10(8-21-15(16)20)6-9-4-2-1-3-5-9/h1-5,10-14,17-19H,6-8H2/t10-,11+,12+,13+,14+/m0/s1. The lowest BCUT2D eigenvalue weighted by molar-refractivity contribution is -0.129. The van der Waals surface area contributed by atoms with E-state index in [1.165, 1.54) is 4.90 Å². The maximum absolute atomic E-state index is 11.9. The highest BCUT2D eigenvalue weighted by molar-refractivity contribution is 5.70. The number of rotatable bonds is 4. The number of aliphatic hydroxyl groups excluding tert-OH is 3. The maximum Gasteiger partial charge on any atom is 0.410 e. The second-order valence-corrected chi connectivity index (χ2v) is 5.62. The van der Waals surface area contributed by atoms with Crippen molar-refractivity contribution in [2.45, 2.75) is 37.1 Å². The number of nitrogens with zero attached hydrogens (tertiary/aromatic N) is 1. The fraction of sp³-hybridized carbons (Fsp3) is 0.533. The molecule has 7 heteroatoms. The van der Waals surface area contributed by atoms with Crippen LogP contribution in [0.15, 0.2) is 30.3 Å². The highest BCUT2D eigenvalue weighted by Crippen LogP contribution is 2.24. The zero-order chi connectivity index (χ0) is 15.7. The molecule has 3 N–H and O–H groups in total. The van der Waals surface area contributed by atoms with Gasteiger partial charge in [0.2, 0.25) is 0 Å². The van der Waals surface area contributed by atoms with Gasteiger partial charge in [0.25, 0.3) is 0 Å². The third-order valence-corrected chi connectivity index (χ3v) is 4.10. The Morgan fingerprint density at radius 1 is 1.14 bits per heavy atom. The summed E-state index contributed by atoms with van der Waals surface area (Å²) in [4.78, 5) is 13.4. The van der Waals surface area contributed by atoms with Crippen LogP contribution < -0.4 is 0 Å². The van der Waals surface area contributed by atoms with Crippen LogP contribution in [0.3, 0.4) is 0 Å². The number of benzene rings is 1. The van der Waals surface area contributed by atoms with E-state index >= 15 is 0 Å². The van der Waals surface area contributed by atoms with Crippen LogP contribution >= 0.6 is 0 Å². The largest absolute Gasteiger partial charge is 0.447 e. The number of carbonyl (C=O) groups is 1. The summed E-state index contributed by atoms with van der Waals surface area (Å²) in [5.74, 6) is 0. The van der Waals surface area contributed by atoms with Crippen molar-refractivity contribution in [2.24, 2.45) is 0 Å². The molecule has 22 heavy (non-hydrogen) atoms. The van der Waals surface area contributed by atoms with Gasteiger partial charge in [0, 0.05) is 0 Å². The number of amides is 1. The molecule has 0 radical (unpaired) electrons. The van der Waals surface area contributed by atoms with E-state index in [-0.39, 0.29) is 19.2 Å². The number of ether oxygens (including phenoxy) is 2. The highest BCUT2D eigenvalue weighted by Gasteiger charge is 2.45. The number of carbonyl (C=O) groups excluding carboxylic acids is 1. The first-order chi connectivity index (χ1) is 10.6. The molecule has 0 bridgehead atoms. The molecule has 120 valence electrons. The normalized spacial score (nSPS) is 35.0. The summed E-state index contributed by atoms with van der Waals surface area (Å²) in [5, 5.41) is 28.8. The second kappa shape index (κ2) is 6.21. The van der Waals surface area contributed by atoms with Crippen LogP contribution in [-0.2, 0) is 15.9 Å². The minimum absolute atomic E-state index is 0.0611. The Morgan fingerprint density at radius 2 is 1.86 bits per heavy atom. The molecule has 5 atom stereocenters. The monoisotopic (exact) mass is 309 g/mol. The van der Waals surface area contributed by atoms with Crippen molar-refractivity contribution in [1.29, 1.82) is 0 Å². The predicted molar refractivity (Wildman–Crippen MR) is 74.9 cm³/mol. The van der Waals surface area contributed by atoms with E-state index in [2.05, 4.69) is 0 Å². The van der Waals surface area contributed by atoms with Gasteiger partial charge < -0.3 is 24.8 Å². The molecule has 1 aromatic rings. The predicted octanol–water partition coefficient (Wildman–Crippen LogP) is -0.511. The van der Waals surface area contributed by atoms with Crippen LogP contribution in [0.2, 0.25) is 0 Å². The van der Waals surface area contributed by atoms with Crippen molar-refractivity contribution in [1.82, 2.24) is 4.90 Å². The third-order valence-electron chi connectivity index (χ3n) is 4.10. The molecular formula is C15H19NO6. The van der Waals surface area contributed by atoms with Gasteiger partial charge in [-0.1, -0.05) is 30.3 Å². The molecule has 2 aliphatic rings. The van der Waals surface area contributed by atoms with Crippen molar-refractivity contribution in [3.63, 3.8) is 0 Å². The van der Waals surface area contributed by atoms with Crippen LogP contribution in [0, 0.1) is 0 Å². The summed E-state index contributed by atoms with van der Waals surface area (Å²) in [6.07, 6.45) is -4.73. The van der Waals surface area contributed by atoms with Gasteiger partial charge in [0.15, 0.2) is 6.29 Å². The lowest BCUT2D eigenvalue weighted by Gasteiger charge is -2.25. The molecule has 1 amide bonds. The minimum Gasteiger partial charge on any atom is -0.447 e. The average molecular weight is 309 g/mol. The number of aliphatic hydroxyl groups is 3. The SMILES string of the molecule is O=C1OC[C@H](Cc2ccccc2)N1C[C@H]1O[C@@H](O)[C@H](O)[C@@H]1O. The van der Waals surface area contributed by atoms with E-state index < -0.39 is 30.7 Å². The minimum atomic E-state index is -1.44. The topological polar surface area (TPSA) is 99.5 Å². The zero-order valence-electron chi connectivity index (χ0n) is 11.9. The van der Waals surface area contributed by atoms with Crippen LogP contribution in [-0.4, -0.2) is 70.1 Å². The lowest BCUT2D eigenvalue weighted by Crippen LogP contribution is -2.44. The number of hydrogen-bond donors (Lipinski definition) is 3. The Morgan fingerprint density at radius 3 is 2.50 bits per heavy atom. The zero-order valence-corrected chi connectivity index (χ0v) is 11.9. The van der Waals surface area contributed by atoms with Crippen LogP contribution in [0.5, 0.6) is 0 Å². The Hall–Kier alpha value is -1.67. The Balaban J connectivity index is 1.67. The molecule has 0 saturated carbocycles. The van der Waals surface area contributed by atoms with E-state index in [1.807, 2.05) is 30.3 Å². The van der Waals surface area contributed by atoms with Crippen molar-refractivity contribution >= 4 is 6.09 Å². The molecule has 2 heterocycles. The van der Waals surface area contributed by atoms with Gasteiger partial charge in [-0.25, -0.2) is 4.79 Å².